The van der Waals surface area contributed by atoms with Crippen LogP contribution in [0, 0.1) is 0 Å². The van der Waals surface area contributed by atoms with E-state index in [1.807, 2.05) is 11.9 Å². The molecule has 0 spiro atoms. The van der Waals surface area contributed by atoms with Gasteiger partial charge >= 0.3 is 5.97 Å². The molecule has 0 aliphatic rings. The lowest BCUT2D eigenvalue weighted by Gasteiger charge is -2.19. The van der Waals surface area contributed by atoms with Crippen LogP contribution in [0.25, 0.3) is 0 Å². The molecule has 6 nitrogen and oxygen atoms in total. The lowest BCUT2D eigenvalue weighted by molar-refractivity contribution is 0.0404. The summed E-state index contributed by atoms with van der Waals surface area (Å²) in [7, 11) is 4.68. The molecule has 0 amide bonds. The molecule has 1 heterocycles. The first-order valence-corrected chi connectivity index (χ1v) is 5.58. The molecule has 1 atom stereocenters. The first-order chi connectivity index (χ1) is 8.58. The van der Waals surface area contributed by atoms with Crippen LogP contribution in [0.4, 0.5) is 0 Å². The summed E-state index contributed by atoms with van der Waals surface area (Å²) < 4.78 is 14.7. The van der Waals surface area contributed by atoms with Crippen molar-refractivity contribution in [2.45, 2.75) is 12.6 Å². The Labute approximate surface area is 106 Å². The number of methoxy groups -OCH3 is 2. The Balaban J connectivity index is 2.56. The Morgan fingerprint density at radius 1 is 1.56 bits per heavy atom. The molecule has 0 unspecified atom stereocenters. The largest absolute Gasteiger partial charge is 0.467 e. The van der Waals surface area contributed by atoms with Gasteiger partial charge in [-0.1, -0.05) is 0 Å². The predicted molar refractivity (Wildman–Crippen MR) is 64.3 cm³/mol. The number of rotatable bonds is 7. The van der Waals surface area contributed by atoms with E-state index in [1.54, 1.807) is 6.07 Å². The number of hydrogen-bond acceptors (Lipinski definition) is 6. The van der Waals surface area contributed by atoms with Crippen LogP contribution in [0.1, 0.15) is 16.1 Å². The van der Waals surface area contributed by atoms with Crippen LogP contribution in [0.15, 0.2) is 16.7 Å². The van der Waals surface area contributed by atoms with Gasteiger partial charge in [-0.2, -0.15) is 0 Å². The van der Waals surface area contributed by atoms with Gasteiger partial charge in [-0.3, -0.25) is 4.90 Å². The highest BCUT2D eigenvalue weighted by Gasteiger charge is 2.17. The van der Waals surface area contributed by atoms with E-state index in [0.29, 0.717) is 24.4 Å². The molecule has 0 saturated heterocycles. The minimum Gasteiger partial charge on any atom is -0.467 e. The Morgan fingerprint density at radius 2 is 2.28 bits per heavy atom. The van der Waals surface area contributed by atoms with Gasteiger partial charge in [0.1, 0.15) is 11.3 Å². The lowest BCUT2D eigenvalue weighted by Crippen LogP contribution is -2.31. The number of ether oxygens (including phenoxy) is 2. The number of carbonyl (C=O) groups excluding carboxylic acids is 1. The monoisotopic (exact) mass is 257 g/mol. The zero-order chi connectivity index (χ0) is 13.5. The summed E-state index contributed by atoms with van der Waals surface area (Å²) in [5.74, 6) is 0.0959. The van der Waals surface area contributed by atoms with Crippen molar-refractivity contribution in [2.24, 2.45) is 0 Å². The van der Waals surface area contributed by atoms with Crippen LogP contribution in [0.2, 0.25) is 0 Å². The third-order valence-corrected chi connectivity index (χ3v) is 2.45. The molecule has 102 valence electrons. The summed E-state index contributed by atoms with van der Waals surface area (Å²) in [6, 6.07) is 1.57. The summed E-state index contributed by atoms with van der Waals surface area (Å²) in [4.78, 5) is 13.3. The average molecular weight is 257 g/mol. The molecule has 1 rings (SSSR count). The highest BCUT2D eigenvalue weighted by atomic mass is 16.5. The SMILES string of the molecule is COC[C@H](O)CN(C)Cc1occc1C(=O)OC. The molecule has 0 aliphatic heterocycles. The number of aliphatic hydroxyl groups is 1. The van der Waals surface area contributed by atoms with Gasteiger partial charge in [-0.25, -0.2) is 4.79 Å². The lowest BCUT2D eigenvalue weighted by atomic mass is 10.2. The van der Waals surface area contributed by atoms with Crippen LogP contribution in [0.5, 0.6) is 0 Å². The second-order valence-corrected chi connectivity index (χ2v) is 4.05. The number of aliphatic hydroxyl groups excluding tert-OH is 1. The van der Waals surface area contributed by atoms with Crippen molar-refractivity contribution in [1.29, 1.82) is 0 Å². The van der Waals surface area contributed by atoms with Crippen molar-refractivity contribution in [2.75, 3.05) is 34.4 Å². The number of hydrogen-bond donors (Lipinski definition) is 1. The van der Waals surface area contributed by atoms with Gasteiger partial charge in [-0.15, -0.1) is 0 Å². The topological polar surface area (TPSA) is 72.1 Å². The van der Waals surface area contributed by atoms with Gasteiger partial charge in [0.05, 0.1) is 32.6 Å². The Bertz CT molecular complexity index is 376. The number of carbonyl (C=O) groups is 1. The van der Waals surface area contributed by atoms with E-state index in [4.69, 9.17) is 9.15 Å². The predicted octanol–water partition coefficient (Wildman–Crippen LogP) is 0.505. The molecule has 0 radical (unpaired) electrons. The number of likely N-dealkylation sites (N-methyl/N-ethyl adjacent to an activating group) is 1. The zero-order valence-corrected chi connectivity index (χ0v) is 10.9. The zero-order valence-electron chi connectivity index (χ0n) is 10.9. The van der Waals surface area contributed by atoms with Crippen molar-refractivity contribution >= 4 is 5.97 Å². The van der Waals surface area contributed by atoms with Crippen molar-refractivity contribution in [1.82, 2.24) is 4.90 Å². The van der Waals surface area contributed by atoms with Crippen LogP contribution in [-0.4, -0.2) is 56.5 Å². The quantitative estimate of drug-likeness (QED) is 0.717. The summed E-state index contributed by atoms with van der Waals surface area (Å²) in [5.41, 5.74) is 0.408. The van der Waals surface area contributed by atoms with Crippen molar-refractivity contribution in [3.63, 3.8) is 0 Å². The third kappa shape index (κ3) is 4.14. The van der Waals surface area contributed by atoms with Gasteiger partial charge in [-0.05, 0) is 13.1 Å². The van der Waals surface area contributed by atoms with Crippen molar-refractivity contribution < 1.29 is 23.8 Å². The highest BCUT2D eigenvalue weighted by Crippen LogP contribution is 2.14. The fourth-order valence-corrected chi connectivity index (χ4v) is 1.67. The molecule has 1 aromatic rings. The third-order valence-electron chi connectivity index (χ3n) is 2.45. The molecule has 1 aromatic heterocycles. The maximum absolute atomic E-state index is 11.4. The Hall–Kier alpha value is -1.37. The molecular formula is C12H19NO5. The molecule has 0 bridgehead atoms. The van der Waals surface area contributed by atoms with E-state index in [1.165, 1.54) is 20.5 Å². The van der Waals surface area contributed by atoms with E-state index in [-0.39, 0.29) is 6.61 Å². The molecule has 0 saturated carbocycles. The maximum atomic E-state index is 11.4. The molecule has 0 aliphatic carbocycles. The second-order valence-electron chi connectivity index (χ2n) is 4.05. The number of esters is 1. The van der Waals surface area contributed by atoms with E-state index in [0.717, 1.165) is 0 Å². The van der Waals surface area contributed by atoms with Crippen molar-refractivity contribution in [3.05, 3.63) is 23.7 Å². The number of furan rings is 1. The molecule has 18 heavy (non-hydrogen) atoms. The smallest absolute Gasteiger partial charge is 0.341 e. The number of nitrogens with zero attached hydrogens (tertiary/aromatic N) is 1. The molecule has 0 fully saturated rings. The summed E-state index contributed by atoms with van der Waals surface area (Å²) in [6.45, 7) is 1.11. The standard InChI is InChI=1S/C12H19NO5/c1-13(6-9(14)8-16-2)7-11-10(4-5-18-11)12(15)17-3/h4-5,9,14H,6-8H2,1-3H3/t9-/m1/s1. The molecule has 1 N–H and O–H groups in total. The van der Waals surface area contributed by atoms with Gasteiger partial charge in [0.2, 0.25) is 0 Å². The summed E-state index contributed by atoms with van der Waals surface area (Å²) in [5, 5.41) is 9.58. The second kappa shape index (κ2) is 7.15. The molecule has 0 aromatic carbocycles. The molecule has 6 heteroatoms. The van der Waals surface area contributed by atoms with Crippen LogP contribution >= 0.6 is 0 Å². The van der Waals surface area contributed by atoms with E-state index in [9.17, 15) is 9.90 Å². The fourth-order valence-electron chi connectivity index (χ4n) is 1.67. The normalized spacial score (nSPS) is 12.7. The minimum atomic E-state index is -0.573. The van der Waals surface area contributed by atoms with Crippen molar-refractivity contribution in [3.8, 4) is 0 Å². The minimum absolute atomic E-state index is 0.270. The first kappa shape index (κ1) is 14.7. The Morgan fingerprint density at radius 3 is 2.89 bits per heavy atom. The van der Waals surface area contributed by atoms with Gasteiger partial charge < -0.3 is 19.0 Å². The first-order valence-electron chi connectivity index (χ1n) is 5.58. The van der Waals surface area contributed by atoms with Crippen LogP contribution in [-0.2, 0) is 16.0 Å². The van der Waals surface area contributed by atoms with E-state index in [2.05, 4.69) is 4.74 Å². The summed E-state index contributed by atoms with van der Waals surface area (Å²) >= 11 is 0. The average Bonchev–Trinajstić information content (AvgIpc) is 2.76. The van der Waals surface area contributed by atoms with Crippen LogP contribution in [0.3, 0.4) is 0 Å². The Kier molecular flexibility index (Phi) is 5.84. The van der Waals surface area contributed by atoms with E-state index >= 15 is 0 Å². The van der Waals surface area contributed by atoms with Gasteiger partial charge in [0, 0.05) is 13.7 Å². The maximum Gasteiger partial charge on any atom is 0.341 e. The fraction of sp³-hybridized carbons (Fsp3) is 0.583. The van der Waals surface area contributed by atoms with E-state index < -0.39 is 12.1 Å². The molecular weight excluding hydrogens is 238 g/mol. The van der Waals surface area contributed by atoms with Crippen LogP contribution < -0.4 is 0 Å². The van der Waals surface area contributed by atoms with Gasteiger partial charge in [0.15, 0.2) is 0 Å². The van der Waals surface area contributed by atoms with Gasteiger partial charge in [0.25, 0.3) is 0 Å². The highest BCUT2D eigenvalue weighted by molar-refractivity contribution is 5.90. The summed E-state index contributed by atoms with van der Waals surface area (Å²) in [6.07, 6.45) is 0.873.